The topological polar surface area (TPSA) is 30.7 Å². The van der Waals surface area contributed by atoms with Crippen molar-refractivity contribution in [3.05, 3.63) is 115 Å². The number of hydrogen-bond acceptors (Lipinski definition) is 3. The highest BCUT2D eigenvalue weighted by Crippen LogP contribution is 2.39. The van der Waals surface area contributed by atoms with Gasteiger partial charge in [0.25, 0.3) is 0 Å². The Labute approximate surface area is 210 Å². The average Bonchev–Trinajstić information content (AvgIpc) is 3.46. The van der Waals surface area contributed by atoms with Crippen molar-refractivity contribution in [3.8, 4) is 17.1 Å². The highest BCUT2D eigenvalue weighted by molar-refractivity contribution is 7.25. The molecule has 0 aliphatic heterocycles. The summed E-state index contributed by atoms with van der Waals surface area (Å²) in [6.45, 7) is 0. The molecule has 0 aliphatic carbocycles. The van der Waals surface area contributed by atoms with Crippen molar-refractivity contribution in [2.24, 2.45) is 0 Å². The molecule has 3 heterocycles. The number of para-hydroxylation sites is 1. The van der Waals surface area contributed by atoms with Crippen LogP contribution in [0.15, 0.2) is 115 Å². The fourth-order valence-electron chi connectivity index (χ4n) is 5.34. The number of thiophene rings is 1. The number of rotatable bonds is 2. The van der Waals surface area contributed by atoms with Gasteiger partial charge in [0.1, 0.15) is 16.0 Å². The highest BCUT2D eigenvalue weighted by atomic mass is 32.1. The molecule has 0 unspecified atom stereocenters. The van der Waals surface area contributed by atoms with E-state index in [0.717, 1.165) is 43.8 Å². The van der Waals surface area contributed by atoms with Crippen molar-refractivity contribution >= 4 is 64.3 Å². The van der Waals surface area contributed by atoms with E-state index in [2.05, 4.69) is 114 Å². The third kappa shape index (κ3) is 2.79. The minimum Gasteiger partial charge on any atom is -0.292 e. The molecule has 5 aromatic carbocycles. The maximum atomic E-state index is 5.37. The van der Waals surface area contributed by atoms with E-state index in [9.17, 15) is 0 Å². The second-order valence-corrected chi connectivity index (χ2v) is 10.1. The van der Waals surface area contributed by atoms with E-state index in [-0.39, 0.29) is 0 Å². The van der Waals surface area contributed by atoms with Gasteiger partial charge < -0.3 is 0 Å². The lowest BCUT2D eigenvalue weighted by Gasteiger charge is -2.13. The summed E-state index contributed by atoms with van der Waals surface area (Å²) in [5, 5.41) is 6.04. The molecule has 0 radical (unpaired) electrons. The van der Waals surface area contributed by atoms with Crippen LogP contribution in [-0.4, -0.2) is 14.5 Å². The van der Waals surface area contributed by atoms with E-state index < -0.39 is 0 Å². The first kappa shape index (κ1) is 19.7. The van der Waals surface area contributed by atoms with Gasteiger partial charge in [-0.15, -0.1) is 11.3 Å². The fraction of sp³-hybridized carbons (Fsp3) is 0. The van der Waals surface area contributed by atoms with E-state index in [0.29, 0.717) is 0 Å². The van der Waals surface area contributed by atoms with Gasteiger partial charge in [0.2, 0.25) is 0 Å². The minimum atomic E-state index is 0.860. The average molecular weight is 478 g/mol. The Morgan fingerprint density at radius 3 is 2.11 bits per heavy atom. The normalized spacial score (nSPS) is 11.9. The molecular formula is C32H19N3S. The summed E-state index contributed by atoms with van der Waals surface area (Å²) < 4.78 is 3.51. The SMILES string of the molecule is c1ccc(-c2nc3sc4ccccc4c3nc2-n2c3ccccc3c3cc4ccccc4cc32)cc1. The predicted molar refractivity (Wildman–Crippen MR) is 152 cm³/mol. The maximum Gasteiger partial charge on any atom is 0.165 e. The summed E-state index contributed by atoms with van der Waals surface area (Å²) in [5.74, 6) is 0.860. The summed E-state index contributed by atoms with van der Waals surface area (Å²) in [7, 11) is 0. The van der Waals surface area contributed by atoms with Crippen LogP contribution in [0.5, 0.6) is 0 Å². The molecule has 0 atom stereocenters. The van der Waals surface area contributed by atoms with Gasteiger partial charge in [0, 0.05) is 26.4 Å². The molecule has 8 rings (SSSR count). The molecule has 3 aromatic heterocycles. The fourth-order valence-corrected chi connectivity index (χ4v) is 6.36. The van der Waals surface area contributed by atoms with Crippen molar-refractivity contribution in [1.29, 1.82) is 0 Å². The summed E-state index contributed by atoms with van der Waals surface area (Å²) >= 11 is 1.70. The van der Waals surface area contributed by atoms with Crippen LogP contribution in [0.1, 0.15) is 0 Å². The van der Waals surface area contributed by atoms with Crippen LogP contribution in [0.2, 0.25) is 0 Å². The van der Waals surface area contributed by atoms with Gasteiger partial charge in [0.05, 0.1) is 11.0 Å². The Kier molecular flexibility index (Phi) is 4.10. The Balaban J connectivity index is 1.58. The first-order valence-electron chi connectivity index (χ1n) is 12.0. The first-order valence-corrected chi connectivity index (χ1v) is 12.8. The Morgan fingerprint density at radius 1 is 0.556 bits per heavy atom. The second kappa shape index (κ2) is 7.48. The first-order chi connectivity index (χ1) is 17.8. The number of benzene rings is 5. The molecule has 3 nitrogen and oxygen atoms in total. The van der Waals surface area contributed by atoms with Gasteiger partial charge in [-0.3, -0.25) is 4.57 Å². The largest absolute Gasteiger partial charge is 0.292 e. The van der Waals surface area contributed by atoms with Gasteiger partial charge in [0.15, 0.2) is 5.82 Å². The number of aromatic nitrogens is 3. The lowest BCUT2D eigenvalue weighted by molar-refractivity contribution is 1.09. The molecule has 36 heavy (non-hydrogen) atoms. The van der Waals surface area contributed by atoms with Gasteiger partial charge >= 0.3 is 0 Å². The smallest absolute Gasteiger partial charge is 0.165 e. The van der Waals surface area contributed by atoms with Crippen LogP contribution in [0.4, 0.5) is 0 Å². The van der Waals surface area contributed by atoms with Crippen LogP contribution >= 0.6 is 11.3 Å². The zero-order valence-corrected chi connectivity index (χ0v) is 20.0. The molecule has 168 valence electrons. The van der Waals surface area contributed by atoms with E-state index in [1.807, 2.05) is 6.07 Å². The zero-order chi connectivity index (χ0) is 23.6. The minimum absolute atomic E-state index is 0.860. The second-order valence-electron chi connectivity index (χ2n) is 9.08. The van der Waals surface area contributed by atoms with Crippen LogP contribution in [-0.2, 0) is 0 Å². The van der Waals surface area contributed by atoms with Gasteiger partial charge in [-0.25, -0.2) is 9.97 Å². The standard InChI is InChI=1S/C32H19N3S/c1-2-10-20(11-3-1)29-31(33-30-24-15-7-9-17-28(24)36-32(30)34-29)35-26-16-8-6-14-23(26)25-18-21-12-4-5-13-22(21)19-27(25)35/h1-19H. The molecule has 0 spiro atoms. The summed E-state index contributed by atoms with van der Waals surface area (Å²) in [6.07, 6.45) is 0. The maximum absolute atomic E-state index is 5.37. The molecule has 0 saturated carbocycles. The zero-order valence-electron chi connectivity index (χ0n) is 19.2. The third-order valence-electron chi connectivity index (χ3n) is 6.99. The van der Waals surface area contributed by atoms with Crippen LogP contribution in [0.25, 0.3) is 70.1 Å². The van der Waals surface area contributed by atoms with Crippen LogP contribution in [0.3, 0.4) is 0 Å². The van der Waals surface area contributed by atoms with Gasteiger partial charge in [-0.2, -0.15) is 0 Å². The summed E-state index contributed by atoms with van der Waals surface area (Å²) in [4.78, 5) is 11.6. The molecule has 0 bridgehead atoms. The van der Waals surface area contributed by atoms with E-state index in [1.165, 1.54) is 26.2 Å². The van der Waals surface area contributed by atoms with Crippen molar-refractivity contribution < 1.29 is 0 Å². The van der Waals surface area contributed by atoms with E-state index in [1.54, 1.807) is 11.3 Å². The molecular weight excluding hydrogens is 458 g/mol. The molecule has 0 aliphatic rings. The lowest BCUT2D eigenvalue weighted by Crippen LogP contribution is -2.03. The molecule has 8 aromatic rings. The quantitative estimate of drug-likeness (QED) is 0.249. The molecule has 4 heteroatoms. The molecule has 0 N–H and O–H groups in total. The molecule has 0 fully saturated rings. The van der Waals surface area contributed by atoms with Crippen LogP contribution < -0.4 is 0 Å². The molecule has 0 amide bonds. The van der Waals surface area contributed by atoms with Crippen molar-refractivity contribution in [2.75, 3.05) is 0 Å². The number of nitrogens with zero attached hydrogens (tertiary/aromatic N) is 3. The lowest BCUT2D eigenvalue weighted by atomic mass is 10.1. The van der Waals surface area contributed by atoms with Gasteiger partial charge in [-0.1, -0.05) is 91.0 Å². The van der Waals surface area contributed by atoms with E-state index >= 15 is 0 Å². The Morgan fingerprint density at radius 2 is 1.25 bits per heavy atom. The monoisotopic (exact) mass is 477 g/mol. The summed E-state index contributed by atoms with van der Waals surface area (Å²) in [6, 6.07) is 40.6. The highest BCUT2D eigenvalue weighted by Gasteiger charge is 2.21. The third-order valence-corrected chi connectivity index (χ3v) is 8.05. The van der Waals surface area contributed by atoms with Crippen molar-refractivity contribution in [1.82, 2.24) is 14.5 Å². The summed E-state index contributed by atoms with van der Waals surface area (Å²) in [5.41, 5.74) is 5.18. The molecule has 0 saturated heterocycles. The van der Waals surface area contributed by atoms with Crippen molar-refractivity contribution in [3.63, 3.8) is 0 Å². The van der Waals surface area contributed by atoms with Crippen LogP contribution in [0, 0.1) is 0 Å². The van der Waals surface area contributed by atoms with E-state index in [4.69, 9.17) is 9.97 Å². The number of hydrogen-bond donors (Lipinski definition) is 0. The van der Waals surface area contributed by atoms with Crippen molar-refractivity contribution in [2.45, 2.75) is 0 Å². The Bertz CT molecular complexity index is 2100. The Hall–Kier alpha value is -4.54. The predicted octanol–water partition coefficient (Wildman–Crippen LogP) is 8.76. The van der Waals surface area contributed by atoms with Gasteiger partial charge in [-0.05, 0) is 35.0 Å². The number of fused-ring (bicyclic) bond motifs is 7.